The van der Waals surface area contributed by atoms with Crippen molar-refractivity contribution in [3.63, 3.8) is 0 Å². The maximum absolute atomic E-state index is 11.9. The van der Waals surface area contributed by atoms with Gasteiger partial charge in [-0.2, -0.15) is 13.2 Å². The largest absolute Gasteiger partial charge is 0.433 e. The number of hydrogen-bond acceptors (Lipinski definition) is 1. The number of allylic oxidation sites excluding steroid dienone is 1. The van der Waals surface area contributed by atoms with E-state index in [1.54, 1.807) is 0 Å². The van der Waals surface area contributed by atoms with E-state index in [2.05, 4.69) is 18.2 Å². The highest BCUT2D eigenvalue weighted by Crippen LogP contribution is 2.21. The summed E-state index contributed by atoms with van der Waals surface area (Å²) in [6.45, 7) is 7.46. The van der Waals surface area contributed by atoms with E-state index >= 15 is 0 Å². The quantitative estimate of drug-likeness (QED) is 0.555. The van der Waals surface area contributed by atoms with Crippen molar-refractivity contribution in [1.82, 2.24) is 0 Å². The zero-order valence-corrected chi connectivity index (χ0v) is 6.07. The van der Waals surface area contributed by atoms with Crippen LogP contribution in [0.2, 0.25) is 0 Å². The molecule has 1 nitrogen and oxygen atoms in total. The van der Waals surface area contributed by atoms with Crippen LogP contribution in [0.4, 0.5) is 13.2 Å². The molecule has 0 saturated heterocycles. The van der Waals surface area contributed by atoms with E-state index in [1.807, 2.05) is 0 Å². The summed E-state index contributed by atoms with van der Waals surface area (Å²) < 4.78 is 35.8. The highest BCUT2D eigenvalue weighted by Gasteiger charge is 2.35. The van der Waals surface area contributed by atoms with Crippen LogP contribution in [0, 0.1) is 0 Å². The molecule has 4 heteroatoms. The fourth-order valence-electron chi connectivity index (χ4n) is 0.517. The third-order valence-corrected chi connectivity index (χ3v) is 0.893. The molecule has 62 valence electrons. The second-order valence-electron chi connectivity index (χ2n) is 1.94. The van der Waals surface area contributed by atoms with Crippen molar-refractivity contribution >= 4 is 5.71 Å². The van der Waals surface area contributed by atoms with E-state index in [-0.39, 0.29) is 5.57 Å². The second-order valence-corrected chi connectivity index (χ2v) is 1.94. The molecule has 0 aromatic carbocycles. The number of nitrogens with zero attached hydrogens (tertiary/aromatic N) is 1. The van der Waals surface area contributed by atoms with Gasteiger partial charge in [-0.3, -0.25) is 4.99 Å². The highest BCUT2D eigenvalue weighted by molar-refractivity contribution is 6.03. The van der Waals surface area contributed by atoms with Crippen molar-refractivity contribution in [2.24, 2.45) is 4.99 Å². The van der Waals surface area contributed by atoms with Crippen LogP contribution in [0.1, 0.15) is 6.92 Å². The Hall–Kier alpha value is -1.06. The molecule has 0 N–H and O–H groups in total. The van der Waals surface area contributed by atoms with E-state index in [9.17, 15) is 13.2 Å². The lowest BCUT2D eigenvalue weighted by Gasteiger charge is -2.07. The van der Waals surface area contributed by atoms with Crippen LogP contribution in [0.25, 0.3) is 0 Å². The first-order valence-electron chi connectivity index (χ1n) is 2.81. The predicted molar refractivity (Wildman–Crippen MR) is 38.5 cm³/mol. The Kier molecular flexibility index (Phi) is 3.04. The van der Waals surface area contributed by atoms with Crippen molar-refractivity contribution < 1.29 is 13.2 Å². The molecule has 0 aliphatic rings. The molecular weight excluding hydrogens is 155 g/mol. The maximum Gasteiger partial charge on any atom is 0.433 e. The van der Waals surface area contributed by atoms with Gasteiger partial charge in [-0.15, -0.1) is 0 Å². The first-order valence-corrected chi connectivity index (χ1v) is 2.81. The molecule has 0 rings (SSSR count). The number of alkyl halides is 3. The topological polar surface area (TPSA) is 12.4 Å². The summed E-state index contributed by atoms with van der Waals surface area (Å²) >= 11 is 0. The van der Waals surface area contributed by atoms with Gasteiger partial charge >= 0.3 is 6.18 Å². The predicted octanol–water partition coefficient (Wildman–Crippen LogP) is 2.71. The van der Waals surface area contributed by atoms with Gasteiger partial charge in [0.05, 0.1) is 0 Å². The molecule has 0 spiro atoms. The van der Waals surface area contributed by atoms with Crippen LogP contribution in [-0.2, 0) is 0 Å². The molecule has 0 aromatic heterocycles. The number of halogens is 3. The first-order chi connectivity index (χ1) is 4.89. The van der Waals surface area contributed by atoms with Gasteiger partial charge in [0.15, 0.2) is 0 Å². The molecule has 11 heavy (non-hydrogen) atoms. The highest BCUT2D eigenvalue weighted by atomic mass is 19.4. The smallest absolute Gasteiger partial charge is 0.252 e. The molecule has 0 aromatic rings. The summed E-state index contributed by atoms with van der Waals surface area (Å²) in [6.07, 6.45) is -3.59. The van der Waals surface area contributed by atoms with E-state index in [0.717, 1.165) is 6.20 Å². The van der Waals surface area contributed by atoms with Gasteiger partial charge in [0.25, 0.3) is 0 Å². The van der Waals surface area contributed by atoms with Crippen LogP contribution in [-0.4, -0.2) is 11.9 Å². The van der Waals surface area contributed by atoms with Crippen molar-refractivity contribution in [1.29, 1.82) is 0 Å². The monoisotopic (exact) mass is 163 g/mol. The van der Waals surface area contributed by atoms with Gasteiger partial charge < -0.3 is 0 Å². The van der Waals surface area contributed by atoms with Crippen molar-refractivity contribution in [3.05, 3.63) is 24.9 Å². The van der Waals surface area contributed by atoms with E-state index in [1.165, 1.54) is 6.92 Å². The van der Waals surface area contributed by atoms with Gasteiger partial charge in [-0.25, -0.2) is 0 Å². The van der Waals surface area contributed by atoms with Gasteiger partial charge in [0.1, 0.15) is 5.71 Å². The molecule has 0 fully saturated rings. The Bertz CT molecular complexity index is 200. The standard InChI is InChI=1S/C7H8F3N/c1-4-11-6(5(2)3)7(8,9)10/h4H,1-2H2,3H3. The zero-order valence-electron chi connectivity index (χ0n) is 6.07. The molecule has 0 aliphatic heterocycles. The van der Waals surface area contributed by atoms with Gasteiger partial charge in [0, 0.05) is 6.20 Å². The normalized spacial score (nSPS) is 12.9. The van der Waals surface area contributed by atoms with Crippen LogP contribution >= 0.6 is 0 Å². The average Bonchev–Trinajstić information content (AvgIpc) is 1.79. The Labute approximate surface area is 62.9 Å². The first kappa shape index (κ1) is 9.94. The molecule has 0 saturated carbocycles. The Balaban J connectivity index is 4.77. The summed E-state index contributed by atoms with van der Waals surface area (Å²) in [5, 5.41) is 0. The third-order valence-electron chi connectivity index (χ3n) is 0.893. The third kappa shape index (κ3) is 3.02. The van der Waals surface area contributed by atoms with Crippen LogP contribution < -0.4 is 0 Å². The van der Waals surface area contributed by atoms with Gasteiger partial charge in [-0.1, -0.05) is 13.2 Å². The van der Waals surface area contributed by atoms with E-state index in [0.29, 0.717) is 0 Å². The fraction of sp³-hybridized carbons (Fsp3) is 0.286. The minimum Gasteiger partial charge on any atom is -0.252 e. The molecule has 0 heterocycles. The van der Waals surface area contributed by atoms with Crippen LogP contribution in [0.3, 0.4) is 0 Å². The fourth-order valence-corrected chi connectivity index (χ4v) is 0.517. The van der Waals surface area contributed by atoms with Crippen molar-refractivity contribution in [3.8, 4) is 0 Å². The molecule has 0 amide bonds. The summed E-state index contributed by atoms with van der Waals surface area (Å²) in [5.74, 6) is 0. The van der Waals surface area contributed by atoms with Gasteiger partial charge in [0.2, 0.25) is 0 Å². The number of rotatable bonds is 2. The van der Waals surface area contributed by atoms with Crippen molar-refractivity contribution in [2.45, 2.75) is 13.1 Å². The number of aliphatic imine (C=N–C) groups is 1. The van der Waals surface area contributed by atoms with Gasteiger partial charge in [-0.05, 0) is 12.5 Å². The molecule has 0 bridgehead atoms. The summed E-state index contributed by atoms with van der Waals surface area (Å²) in [7, 11) is 0. The lowest BCUT2D eigenvalue weighted by molar-refractivity contribution is -0.0581. The second kappa shape index (κ2) is 3.37. The Morgan fingerprint density at radius 3 is 2.00 bits per heavy atom. The summed E-state index contributed by atoms with van der Waals surface area (Å²) in [5.41, 5.74) is -1.09. The SMILES string of the molecule is C=CN=C(C(=C)C)C(F)(F)F. The Morgan fingerprint density at radius 2 is 1.91 bits per heavy atom. The molecule has 0 aliphatic carbocycles. The summed E-state index contributed by atoms with van der Waals surface area (Å²) in [6, 6.07) is 0. The lowest BCUT2D eigenvalue weighted by atomic mass is 10.2. The van der Waals surface area contributed by atoms with Crippen LogP contribution in [0.5, 0.6) is 0 Å². The van der Waals surface area contributed by atoms with E-state index in [4.69, 9.17) is 0 Å². The minimum absolute atomic E-state index is 0.114. The molecule has 0 unspecified atom stereocenters. The molecule has 0 radical (unpaired) electrons. The minimum atomic E-state index is -4.43. The Morgan fingerprint density at radius 1 is 1.45 bits per heavy atom. The lowest BCUT2D eigenvalue weighted by Crippen LogP contribution is -2.23. The zero-order chi connectivity index (χ0) is 9.07. The molecular formula is C7H8F3N. The summed E-state index contributed by atoms with van der Waals surface area (Å²) in [4.78, 5) is 3.05. The van der Waals surface area contributed by atoms with Crippen LogP contribution in [0.15, 0.2) is 29.9 Å². The van der Waals surface area contributed by atoms with Crippen molar-refractivity contribution in [2.75, 3.05) is 0 Å². The average molecular weight is 163 g/mol. The maximum atomic E-state index is 11.9. The van der Waals surface area contributed by atoms with E-state index < -0.39 is 11.9 Å². The molecule has 0 atom stereocenters. The number of hydrogen-bond donors (Lipinski definition) is 0.